The van der Waals surface area contributed by atoms with E-state index < -0.39 is 5.41 Å². The van der Waals surface area contributed by atoms with E-state index in [0.717, 1.165) is 12.8 Å². The summed E-state index contributed by atoms with van der Waals surface area (Å²) < 4.78 is 0. The van der Waals surface area contributed by atoms with Crippen molar-refractivity contribution >= 4 is 29.1 Å². The molecule has 2 N–H and O–H groups in total. The number of amides is 3. The van der Waals surface area contributed by atoms with E-state index in [2.05, 4.69) is 17.6 Å². The molecule has 1 aliphatic heterocycles. The highest BCUT2D eigenvalue weighted by Crippen LogP contribution is 2.26. The molecular weight excluding hydrogens is 318 g/mol. The third-order valence-corrected chi connectivity index (χ3v) is 4.51. The van der Waals surface area contributed by atoms with Crippen molar-refractivity contribution in [2.24, 2.45) is 11.3 Å². The van der Waals surface area contributed by atoms with E-state index in [1.165, 1.54) is 6.92 Å². The molecule has 0 spiro atoms. The molecule has 0 saturated carbocycles. The van der Waals surface area contributed by atoms with Crippen LogP contribution >= 0.6 is 0 Å². The Morgan fingerprint density at radius 1 is 1.08 bits per heavy atom. The van der Waals surface area contributed by atoms with E-state index in [9.17, 15) is 14.4 Å². The Morgan fingerprint density at radius 3 is 2.16 bits per heavy atom. The number of piperidine rings is 1. The number of hydrogen-bond donors (Lipinski definition) is 2. The Labute approximate surface area is 149 Å². The summed E-state index contributed by atoms with van der Waals surface area (Å²) in [7, 11) is 0. The maximum absolute atomic E-state index is 12.8. The van der Waals surface area contributed by atoms with Crippen LogP contribution in [0.4, 0.5) is 11.4 Å². The van der Waals surface area contributed by atoms with Crippen LogP contribution in [0.2, 0.25) is 0 Å². The molecule has 6 nitrogen and oxygen atoms in total. The van der Waals surface area contributed by atoms with Crippen LogP contribution in [0.3, 0.4) is 0 Å². The lowest BCUT2D eigenvalue weighted by atomic mass is 9.88. The minimum absolute atomic E-state index is 0.133. The molecule has 0 aromatic heterocycles. The van der Waals surface area contributed by atoms with E-state index in [0.29, 0.717) is 30.4 Å². The summed E-state index contributed by atoms with van der Waals surface area (Å²) in [6, 6.07) is 6.82. The molecule has 1 aliphatic rings. The molecule has 0 bridgehead atoms. The molecule has 1 aromatic carbocycles. The van der Waals surface area contributed by atoms with Gasteiger partial charge in [0.25, 0.3) is 0 Å². The first-order chi connectivity index (χ1) is 11.7. The monoisotopic (exact) mass is 345 g/mol. The predicted molar refractivity (Wildman–Crippen MR) is 98.1 cm³/mol. The van der Waals surface area contributed by atoms with E-state index in [1.807, 2.05) is 0 Å². The molecule has 1 aromatic rings. The first-order valence-electron chi connectivity index (χ1n) is 8.68. The average Bonchev–Trinajstić information content (AvgIpc) is 2.55. The number of nitrogens with one attached hydrogen (secondary N) is 2. The maximum atomic E-state index is 12.8. The highest BCUT2D eigenvalue weighted by Gasteiger charge is 2.40. The van der Waals surface area contributed by atoms with Crippen LogP contribution in [-0.2, 0) is 14.4 Å². The molecule has 136 valence electrons. The van der Waals surface area contributed by atoms with Gasteiger partial charge in [0.2, 0.25) is 17.7 Å². The van der Waals surface area contributed by atoms with Crippen LogP contribution in [0.5, 0.6) is 0 Å². The van der Waals surface area contributed by atoms with Gasteiger partial charge in [-0.3, -0.25) is 14.4 Å². The second-order valence-electron chi connectivity index (χ2n) is 7.34. The third kappa shape index (κ3) is 4.81. The number of anilines is 2. The van der Waals surface area contributed by atoms with Crippen LogP contribution in [0.15, 0.2) is 24.3 Å². The summed E-state index contributed by atoms with van der Waals surface area (Å²) in [5, 5.41) is 5.46. The summed E-state index contributed by atoms with van der Waals surface area (Å²) in [6.45, 7) is 8.31. The van der Waals surface area contributed by atoms with Gasteiger partial charge < -0.3 is 15.5 Å². The van der Waals surface area contributed by atoms with Crippen LogP contribution in [0, 0.1) is 11.3 Å². The fraction of sp³-hybridized carbons (Fsp3) is 0.526. The van der Waals surface area contributed by atoms with E-state index >= 15 is 0 Å². The summed E-state index contributed by atoms with van der Waals surface area (Å²) in [6.07, 6.45) is 2.10. The van der Waals surface area contributed by atoms with Gasteiger partial charge in [-0.2, -0.15) is 0 Å². The maximum Gasteiger partial charge on any atom is 0.239 e. The van der Waals surface area contributed by atoms with Crippen molar-refractivity contribution in [2.75, 3.05) is 23.7 Å². The minimum atomic E-state index is -1.13. The molecule has 1 unspecified atom stereocenters. The standard InChI is InChI=1S/C19H27N3O3/c1-13-6-5-11-22(12-13)18(25)19(3,4)17(24)21-16-9-7-15(8-10-16)20-14(2)23/h7-10,13H,5-6,11-12H2,1-4H3,(H,20,23)(H,21,24). The van der Waals surface area contributed by atoms with Crippen LogP contribution in [0.1, 0.15) is 40.5 Å². The van der Waals surface area contributed by atoms with E-state index in [4.69, 9.17) is 0 Å². The largest absolute Gasteiger partial charge is 0.342 e. The highest BCUT2D eigenvalue weighted by molar-refractivity contribution is 6.10. The fourth-order valence-corrected chi connectivity index (χ4v) is 2.99. The zero-order valence-electron chi connectivity index (χ0n) is 15.4. The Kier molecular flexibility index (Phi) is 5.82. The molecule has 25 heavy (non-hydrogen) atoms. The molecule has 1 heterocycles. The van der Waals surface area contributed by atoms with Gasteiger partial charge in [-0.25, -0.2) is 0 Å². The van der Waals surface area contributed by atoms with Gasteiger partial charge in [0.1, 0.15) is 5.41 Å². The topological polar surface area (TPSA) is 78.5 Å². The second kappa shape index (κ2) is 7.68. The number of likely N-dealkylation sites (tertiary alicyclic amines) is 1. The lowest BCUT2D eigenvalue weighted by Gasteiger charge is -2.36. The first-order valence-corrected chi connectivity index (χ1v) is 8.68. The molecular formula is C19H27N3O3. The zero-order chi connectivity index (χ0) is 18.6. The van der Waals surface area contributed by atoms with Gasteiger partial charge in [-0.1, -0.05) is 6.92 Å². The highest BCUT2D eigenvalue weighted by atomic mass is 16.2. The summed E-state index contributed by atoms with van der Waals surface area (Å²) in [5.74, 6) is -0.147. The Balaban J connectivity index is 2.02. The number of carbonyl (C=O) groups is 3. The van der Waals surface area contributed by atoms with Crippen molar-refractivity contribution in [3.05, 3.63) is 24.3 Å². The third-order valence-electron chi connectivity index (χ3n) is 4.51. The number of hydrogen-bond acceptors (Lipinski definition) is 3. The normalized spacial score (nSPS) is 17.8. The van der Waals surface area contributed by atoms with Gasteiger partial charge >= 0.3 is 0 Å². The second-order valence-corrected chi connectivity index (χ2v) is 7.34. The number of carbonyl (C=O) groups excluding carboxylic acids is 3. The van der Waals surface area contributed by atoms with Crippen LogP contribution in [-0.4, -0.2) is 35.7 Å². The van der Waals surface area contributed by atoms with E-state index in [-0.39, 0.29) is 17.7 Å². The van der Waals surface area contributed by atoms with E-state index in [1.54, 1.807) is 43.0 Å². The van der Waals surface area contributed by atoms with Crippen molar-refractivity contribution in [2.45, 2.75) is 40.5 Å². The smallest absolute Gasteiger partial charge is 0.239 e. The molecule has 0 radical (unpaired) electrons. The SMILES string of the molecule is CC(=O)Nc1ccc(NC(=O)C(C)(C)C(=O)N2CCCC(C)C2)cc1. The number of nitrogens with zero attached hydrogens (tertiary/aromatic N) is 1. The Hall–Kier alpha value is -2.37. The van der Waals surface area contributed by atoms with Gasteiger partial charge in [0.05, 0.1) is 0 Å². The summed E-state index contributed by atoms with van der Waals surface area (Å²) in [4.78, 5) is 38.3. The van der Waals surface area contributed by atoms with Crippen molar-refractivity contribution in [3.63, 3.8) is 0 Å². The molecule has 1 fully saturated rings. The lowest BCUT2D eigenvalue weighted by Crippen LogP contribution is -2.50. The number of benzene rings is 1. The van der Waals surface area contributed by atoms with Gasteiger partial charge in [0.15, 0.2) is 0 Å². The summed E-state index contributed by atoms with van der Waals surface area (Å²) in [5.41, 5.74) is 0.114. The van der Waals surface area contributed by atoms with Crippen LogP contribution < -0.4 is 10.6 Å². The van der Waals surface area contributed by atoms with Crippen molar-refractivity contribution in [1.82, 2.24) is 4.90 Å². The quantitative estimate of drug-likeness (QED) is 0.824. The molecule has 3 amide bonds. The van der Waals surface area contributed by atoms with Crippen LogP contribution in [0.25, 0.3) is 0 Å². The molecule has 6 heteroatoms. The molecule has 1 atom stereocenters. The van der Waals surface area contributed by atoms with Crippen molar-refractivity contribution < 1.29 is 14.4 Å². The Bertz CT molecular complexity index is 652. The van der Waals surface area contributed by atoms with Crippen molar-refractivity contribution in [3.8, 4) is 0 Å². The predicted octanol–water partition coefficient (Wildman–Crippen LogP) is 2.87. The molecule has 2 rings (SSSR count). The number of rotatable bonds is 4. The first kappa shape index (κ1) is 19.0. The Morgan fingerprint density at radius 2 is 1.64 bits per heavy atom. The molecule has 1 saturated heterocycles. The minimum Gasteiger partial charge on any atom is -0.342 e. The lowest BCUT2D eigenvalue weighted by molar-refractivity contribution is -0.147. The average molecular weight is 345 g/mol. The molecule has 0 aliphatic carbocycles. The summed E-state index contributed by atoms with van der Waals surface area (Å²) >= 11 is 0. The fourth-order valence-electron chi connectivity index (χ4n) is 2.99. The van der Waals surface area contributed by atoms with Gasteiger partial charge in [-0.15, -0.1) is 0 Å². The van der Waals surface area contributed by atoms with Gasteiger partial charge in [-0.05, 0) is 56.9 Å². The van der Waals surface area contributed by atoms with Crippen molar-refractivity contribution in [1.29, 1.82) is 0 Å². The van der Waals surface area contributed by atoms with Gasteiger partial charge in [0, 0.05) is 31.4 Å². The zero-order valence-corrected chi connectivity index (χ0v) is 15.4.